The molecule has 12 heteroatoms. The molecule has 2 aromatic rings. The van der Waals surface area contributed by atoms with Gasteiger partial charge in [-0.1, -0.05) is 0 Å². The molecular formula is C19H17F3N8O. The lowest BCUT2D eigenvalue weighted by molar-refractivity contribution is 0.121. The maximum absolute atomic E-state index is 13.7. The van der Waals surface area contributed by atoms with Gasteiger partial charge in [0.1, 0.15) is 35.8 Å². The number of ether oxygens (including phenoxy) is 1. The van der Waals surface area contributed by atoms with Crippen molar-refractivity contribution in [3.63, 3.8) is 0 Å². The van der Waals surface area contributed by atoms with Crippen LogP contribution in [0.15, 0.2) is 53.2 Å². The number of nitrogens with zero attached hydrogens (tertiary/aromatic N) is 6. The molecule has 0 amide bonds. The summed E-state index contributed by atoms with van der Waals surface area (Å²) >= 11 is 0. The van der Waals surface area contributed by atoms with Crippen molar-refractivity contribution in [3.05, 3.63) is 65.1 Å². The lowest BCUT2D eigenvalue weighted by Gasteiger charge is -2.26. The van der Waals surface area contributed by atoms with Crippen LogP contribution in [0.1, 0.15) is 11.1 Å². The van der Waals surface area contributed by atoms with E-state index in [-0.39, 0.29) is 12.4 Å². The van der Waals surface area contributed by atoms with Crippen molar-refractivity contribution in [2.24, 2.45) is 4.99 Å². The topological polar surface area (TPSA) is 93.7 Å². The molecule has 0 aliphatic carbocycles. The van der Waals surface area contributed by atoms with Crippen molar-refractivity contribution in [2.45, 2.75) is 19.5 Å². The van der Waals surface area contributed by atoms with Crippen LogP contribution in [0.2, 0.25) is 0 Å². The van der Waals surface area contributed by atoms with Crippen LogP contribution in [-0.2, 0) is 13.1 Å². The number of aliphatic imine (C=N–C) groups is 1. The predicted molar refractivity (Wildman–Crippen MR) is 105 cm³/mol. The number of hydrazine groups is 2. The zero-order valence-corrected chi connectivity index (χ0v) is 16.3. The lowest BCUT2D eigenvalue weighted by Crippen LogP contribution is -2.33. The first-order valence-corrected chi connectivity index (χ1v) is 9.10. The Morgan fingerprint density at radius 3 is 2.94 bits per heavy atom. The third-order valence-electron chi connectivity index (χ3n) is 4.50. The Morgan fingerprint density at radius 2 is 2.19 bits per heavy atom. The summed E-state index contributed by atoms with van der Waals surface area (Å²) in [7, 11) is 1.39. The molecule has 0 bridgehead atoms. The fourth-order valence-corrected chi connectivity index (χ4v) is 3.12. The molecule has 9 nitrogen and oxygen atoms in total. The monoisotopic (exact) mass is 430 g/mol. The molecule has 0 spiro atoms. The number of halogens is 3. The van der Waals surface area contributed by atoms with E-state index in [1.54, 1.807) is 17.4 Å². The molecule has 0 saturated carbocycles. The minimum Gasteiger partial charge on any atom is -0.478 e. The van der Waals surface area contributed by atoms with Gasteiger partial charge in [-0.05, 0) is 23.8 Å². The van der Waals surface area contributed by atoms with Gasteiger partial charge in [0.15, 0.2) is 0 Å². The number of anilines is 1. The summed E-state index contributed by atoms with van der Waals surface area (Å²) in [6.07, 6.45) is 3.72. The van der Waals surface area contributed by atoms with Crippen molar-refractivity contribution in [1.82, 2.24) is 25.2 Å². The highest BCUT2D eigenvalue weighted by Gasteiger charge is 2.25. The van der Waals surface area contributed by atoms with E-state index in [0.29, 0.717) is 28.2 Å². The van der Waals surface area contributed by atoms with Gasteiger partial charge >= 0.3 is 0 Å². The smallest absolute Gasteiger partial charge is 0.258 e. The summed E-state index contributed by atoms with van der Waals surface area (Å²) in [5, 5.41) is 16.5. The summed E-state index contributed by atoms with van der Waals surface area (Å²) in [6, 6.07) is 6.03. The number of fused-ring (bicyclic) bond motifs is 1. The molecule has 2 aliphatic heterocycles. The number of benzene rings is 1. The van der Waals surface area contributed by atoms with Crippen LogP contribution in [0.3, 0.4) is 0 Å². The van der Waals surface area contributed by atoms with E-state index in [0.717, 1.165) is 4.68 Å². The van der Waals surface area contributed by atoms with Crippen LogP contribution in [0, 0.1) is 17.1 Å². The Kier molecular flexibility index (Phi) is 5.40. The summed E-state index contributed by atoms with van der Waals surface area (Å²) in [5.74, 6) is -0.290. The second-order valence-electron chi connectivity index (χ2n) is 6.60. The number of methoxy groups -OCH3 is 1. The minimum absolute atomic E-state index is 0.147. The molecule has 3 heterocycles. The van der Waals surface area contributed by atoms with Crippen LogP contribution < -0.4 is 15.6 Å². The van der Waals surface area contributed by atoms with Gasteiger partial charge in [0.05, 0.1) is 37.7 Å². The Bertz CT molecular complexity index is 1120. The van der Waals surface area contributed by atoms with Gasteiger partial charge in [0.2, 0.25) is 0 Å². The van der Waals surface area contributed by atoms with Crippen LogP contribution in [-0.4, -0.2) is 39.7 Å². The molecule has 0 fully saturated rings. The second-order valence-corrected chi connectivity index (χ2v) is 6.60. The summed E-state index contributed by atoms with van der Waals surface area (Å²) in [4.78, 5) is 4.33. The van der Waals surface area contributed by atoms with Crippen molar-refractivity contribution < 1.29 is 17.9 Å². The van der Waals surface area contributed by atoms with Gasteiger partial charge in [-0.2, -0.15) is 5.26 Å². The van der Waals surface area contributed by atoms with Crippen molar-refractivity contribution in [1.29, 1.82) is 5.26 Å². The van der Waals surface area contributed by atoms with Gasteiger partial charge in [-0.15, -0.1) is 5.10 Å². The lowest BCUT2D eigenvalue weighted by atomic mass is 10.1. The van der Waals surface area contributed by atoms with E-state index in [2.05, 4.69) is 27.0 Å². The first-order chi connectivity index (χ1) is 15.0. The molecule has 2 aliphatic rings. The first kappa shape index (κ1) is 20.1. The molecule has 0 saturated heterocycles. The number of alkyl halides is 2. The van der Waals surface area contributed by atoms with Crippen molar-refractivity contribution in [2.75, 3.05) is 12.5 Å². The highest BCUT2D eigenvalue weighted by molar-refractivity contribution is 5.67. The Balaban J connectivity index is 1.53. The van der Waals surface area contributed by atoms with Gasteiger partial charge in [-0.3, -0.25) is 15.1 Å². The van der Waals surface area contributed by atoms with E-state index in [9.17, 15) is 18.4 Å². The molecule has 2 N–H and O–H groups in total. The molecule has 31 heavy (non-hydrogen) atoms. The summed E-state index contributed by atoms with van der Waals surface area (Å²) in [6.45, 7) is -0.349. The number of nitriles is 1. The van der Waals surface area contributed by atoms with E-state index in [4.69, 9.17) is 4.74 Å². The Hall–Kier alpha value is -4.14. The van der Waals surface area contributed by atoms with Crippen molar-refractivity contribution in [3.8, 4) is 11.9 Å². The van der Waals surface area contributed by atoms with Gasteiger partial charge in [0.25, 0.3) is 12.3 Å². The molecule has 1 aromatic carbocycles. The Labute approximate surface area is 175 Å². The van der Waals surface area contributed by atoms with E-state index >= 15 is 0 Å². The quantitative estimate of drug-likeness (QED) is 0.697. The molecule has 0 radical (unpaired) electrons. The highest BCUT2D eigenvalue weighted by Crippen LogP contribution is 2.28. The number of nitrogens with one attached hydrogen (secondary N) is 2. The molecule has 160 valence electrons. The number of rotatable bonds is 7. The summed E-state index contributed by atoms with van der Waals surface area (Å²) < 4.78 is 45.2. The van der Waals surface area contributed by atoms with Gasteiger partial charge in [0, 0.05) is 6.20 Å². The SMILES string of the molecule is COc1nn(CC(F)F)cc1NN1C=NC2=CNN(Cc3cc(F)ccc3C#N)C2=C1. The first-order valence-electron chi connectivity index (χ1n) is 9.10. The third-order valence-corrected chi connectivity index (χ3v) is 4.50. The molecule has 0 atom stereocenters. The van der Waals surface area contributed by atoms with E-state index in [1.165, 1.54) is 42.9 Å². The fraction of sp³-hybridized carbons (Fsp3) is 0.211. The van der Waals surface area contributed by atoms with Crippen molar-refractivity contribution >= 4 is 12.0 Å². The normalized spacial score (nSPS) is 14.7. The molecule has 1 aromatic heterocycles. The van der Waals surface area contributed by atoms with Gasteiger partial charge < -0.3 is 10.2 Å². The average molecular weight is 430 g/mol. The number of hydrogen-bond donors (Lipinski definition) is 2. The minimum atomic E-state index is -2.55. The fourth-order valence-electron chi connectivity index (χ4n) is 3.12. The van der Waals surface area contributed by atoms with Crippen LogP contribution in [0.4, 0.5) is 18.9 Å². The maximum Gasteiger partial charge on any atom is 0.258 e. The molecule has 4 rings (SSSR count). The zero-order valence-electron chi connectivity index (χ0n) is 16.3. The third kappa shape index (κ3) is 4.25. The van der Waals surface area contributed by atoms with Crippen LogP contribution >= 0.6 is 0 Å². The van der Waals surface area contributed by atoms with E-state index in [1.807, 2.05) is 0 Å². The number of hydrogen-bond acceptors (Lipinski definition) is 8. The van der Waals surface area contributed by atoms with Gasteiger partial charge in [-0.25, -0.2) is 23.2 Å². The maximum atomic E-state index is 13.7. The average Bonchev–Trinajstić information content (AvgIpc) is 3.31. The second kappa shape index (κ2) is 8.31. The Morgan fingerprint density at radius 1 is 1.35 bits per heavy atom. The van der Waals surface area contributed by atoms with E-state index < -0.39 is 18.8 Å². The predicted octanol–water partition coefficient (Wildman–Crippen LogP) is 2.54. The highest BCUT2D eigenvalue weighted by atomic mass is 19.3. The standard InChI is InChI=1S/C19H17F3N8O/c1-31-19-16(8-28(27-19)10-18(21)22)26-29-9-17-15(24-11-29)6-25-30(17)7-13-4-14(20)3-2-12(13)5-23/h2-4,6,8-9,11,18,25-26H,7,10H2,1H3. The van der Waals surface area contributed by atoms with Crippen LogP contribution in [0.5, 0.6) is 5.88 Å². The molecular weight excluding hydrogens is 413 g/mol. The largest absolute Gasteiger partial charge is 0.478 e. The number of aromatic nitrogens is 2. The molecule has 0 unspecified atom stereocenters. The van der Waals surface area contributed by atoms with Crippen LogP contribution in [0.25, 0.3) is 0 Å². The summed E-state index contributed by atoms with van der Waals surface area (Å²) in [5.41, 5.74) is 8.54. The zero-order chi connectivity index (χ0) is 22.0.